The Morgan fingerprint density at radius 1 is 1.07 bits per heavy atom. The zero-order valence-corrected chi connectivity index (χ0v) is 15.2. The van der Waals surface area contributed by atoms with Crippen LogP contribution in [0.1, 0.15) is 0 Å². The molecule has 0 aliphatic carbocycles. The first-order valence-electron chi connectivity index (χ1n) is 7.29. The molecule has 2 aromatic rings. The van der Waals surface area contributed by atoms with Crippen molar-refractivity contribution in [2.75, 3.05) is 10.6 Å². The zero-order valence-electron chi connectivity index (χ0n) is 13.7. The molecule has 0 aliphatic rings. The van der Waals surface area contributed by atoms with Gasteiger partial charge in [-0.15, -0.1) is 0 Å². The topological polar surface area (TPSA) is 151 Å². The molecule has 0 atom stereocenters. The molecule has 0 radical (unpaired) electrons. The Labute approximate surface area is 167 Å². The van der Waals surface area contributed by atoms with Gasteiger partial charge in [-0.3, -0.25) is 25.0 Å². The third kappa shape index (κ3) is 4.94. The van der Waals surface area contributed by atoms with E-state index in [0.29, 0.717) is 0 Å². The lowest BCUT2D eigenvalue weighted by Crippen LogP contribution is -2.15. The fourth-order valence-electron chi connectivity index (χ4n) is 1.96. The number of rotatable bonds is 6. The maximum absolute atomic E-state index is 12.2. The predicted molar refractivity (Wildman–Crippen MR) is 102 cm³/mol. The molecule has 10 nitrogen and oxygen atoms in total. The van der Waals surface area contributed by atoms with Crippen molar-refractivity contribution in [1.82, 2.24) is 0 Å². The second-order valence-corrected chi connectivity index (χ2v) is 5.93. The number of hydrogen-bond acceptors (Lipinski definition) is 7. The van der Waals surface area contributed by atoms with E-state index in [0.717, 1.165) is 24.4 Å². The number of nitrogens with one attached hydrogen (secondary N) is 2. The highest BCUT2D eigenvalue weighted by Crippen LogP contribution is 2.28. The van der Waals surface area contributed by atoms with Crippen LogP contribution in [0.4, 0.5) is 22.7 Å². The van der Waals surface area contributed by atoms with Gasteiger partial charge in [0.15, 0.2) is 0 Å². The van der Waals surface area contributed by atoms with E-state index in [-0.39, 0.29) is 32.8 Å². The normalized spacial score (nSPS) is 10.7. The van der Waals surface area contributed by atoms with Crippen LogP contribution in [-0.4, -0.2) is 15.8 Å². The van der Waals surface area contributed by atoms with Gasteiger partial charge >= 0.3 is 0 Å². The summed E-state index contributed by atoms with van der Waals surface area (Å²) in [5.41, 5.74) is -0.894. The van der Waals surface area contributed by atoms with Crippen LogP contribution in [0.25, 0.3) is 0 Å². The van der Waals surface area contributed by atoms with Gasteiger partial charge in [0.1, 0.15) is 16.7 Å². The van der Waals surface area contributed by atoms with Crippen LogP contribution in [0.5, 0.6) is 0 Å². The molecule has 2 aromatic carbocycles. The number of benzene rings is 2. The Hall–Kier alpha value is -3.68. The van der Waals surface area contributed by atoms with E-state index in [1.165, 1.54) is 18.2 Å². The van der Waals surface area contributed by atoms with Gasteiger partial charge in [-0.2, -0.15) is 5.26 Å². The summed E-state index contributed by atoms with van der Waals surface area (Å²) in [5, 5.41) is 35.7. The Morgan fingerprint density at radius 3 is 2.36 bits per heavy atom. The first-order chi connectivity index (χ1) is 13.2. The molecule has 0 unspecified atom stereocenters. The third-order valence-corrected chi connectivity index (χ3v) is 3.95. The van der Waals surface area contributed by atoms with Gasteiger partial charge in [0, 0.05) is 30.1 Å². The van der Waals surface area contributed by atoms with Gasteiger partial charge in [-0.05, 0) is 18.2 Å². The smallest absolute Gasteiger partial charge is 0.289 e. The van der Waals surface area contributed by atoms with Crippen LogP contribution >= 0.6 is 23.2 Å². The molecule has 1 amide bonds. The summed E-state index contributed by atoms with van der Waals surface area (Å²) in [4.78, 5) is 32.6. The van der Waals surface area contributed by atoms with Gasteiger partial charge < -0.3 is 10.6 Å². The zero-order chi connectivity index (χ0) is 20.8. The molecule has 142 valence electrons. The van der Waals surface area contributed by atoms with Crippen molar-refractivity contribution in [2.45, 2.75) is 0 Å². The molecule has 2 rings (SSSR count). The average Bonchev–Trinajstić information content (AvgIpc) is 2.64. The number of nitro groups is 2. The number of carbonyl (C=O) groups is 1. The van der Waals surface area contributed by atoms with Crippen molar-refractivity contribution in [3.8, 4) is 6.07 Å². The average molecular weight is 422 g/mol. The Balaban J connectivity index is 2.21. The lowest BCUT2D eigenvalue weighted by Gasteiger charge is -2.07. The molecule has 0 fully saturated rings. The number of non-ortho nitro benzene ring substituents is 1. The molecule has 0 aliphatic heterocycles. The lowest BCUT2D eigenvalue weighted by atomic mass is 10.2. The second kappa shape index (κ2) is 8.81. The fraction of sp³-hybridized carbons (Fsp3) is 0. The molecule has 12 heteroatoms. The number of amides is 1. The van der Waals surface area contributed by atoms with Crippen molar-refractivity contribution in [3.63, 3.8) is 0 Å². The second-order valence-electron chi connectivity index (χ2n) is 5.11. The summed E-state index contributed by atoms with van der Waals surface area (Å²) < 4.78 is 0. The highest BCUT2D eigenvalue weighted by atomic mass is 35.5. The van der Waals surface area contributed by atoms with Crippen LogP contribution in [0.3, 0.4) is 0 Å². The summed E-state index contributed by atoms with van der Waals surface area (Å²) in [6.45, 7) is 0. The van der Waals surface area contributed by atoms with E-state index in [2.05, 4.69) is 10.6 Å². The molecule has 0 heterocycles. The van der Waals surface area contributed by atoms with Crippen molar-refractivity contribution >= 4 is 51.9 Å². The number of nitrogens with zero attached hydrogens (tertiary/aromatic N) is 3. The number of nitro benzene ring substituents is 2. The van der Waals surface area contributed by atoms with Crippen LogP contribution in [0, 0.1) is 31.6 Å². The Morgan fingerprint density at radius 2 is 1.75 bits per heavy atom. The molecule has 2 N–H and O–H groups in total. The summed E-state index contributed by atoms with van der Waals surface area (Å²) in [6, 6.07) is 8.91. The molecule has 0 saturated carbocycles. The van der Waals surface area contributed by atoms with Crippen LogP contribution in [0.15, 0.2) is 48.2 Å². The molecule has 0 bridgehead atoms. The summed E-state index contributed by atoms with van der Waals surface area (Å²) in [7, 11) is 0. The molecular weight excluding hydrogens is 413 g/mol. The largest absolute Gasteiger partial charge is 0.360 e. The van der Waals surface area contributed by atoms with Gasteiger partial charge in [-0.25, -0.2) is 0 Å². The van der Waals surface area contributed by atoms with Crippen molar-refractivity contribution in [3.05, 3.63) is 78.4 Å². The maximum atomic E-state index is 12.2. The molecule has 0 spiro atoms. The number of hydrogen-bond donors (Lipinski definition) is 2. The monoisotopic (exact) mass is 421 g/mol. The highest BCUT2D eigenvalue weighted by molar-refractivity contribution is 6.34. The van der Waals surface area contributed by atoms with Crippen LogP contribution < -0.4 is 10.6 Å². The SMILES string of the molecule is N#C/C(=C/Nc1ccc(Cl)c([N+](=O)[O-])c1)C(=O)Nc1cc([N+](=O)[O-])ccc1Cl. The van der Waals surface area contributed by atoms with E-state index in [4.69, 9.17) is 28.5 Å². The van der Waals surface area contributed by atoms with Gasteiger partial charge in [-0.1, -0.05) is 23.2 Å². The van der Waals surface area contributed by atoms with Gasteiger partial charge in [0.2, 0.25) is 0 Å². The molecule has 0 aromatic heterocycles. The van der Waals surface area contributed by atoms with Crippen LogP contribution in [0.2, 0.25) is 10.0 Å². The third-order valence-electron chi connectivity index (χ3n) is 3.30. The summed E-state index contributed by atoms with van der Waals surface area (Å²) in [5.74, 6) is -0.888. The van der Waals surface area contributed by atoms with Gasteiger partial charge in [0.05, 0.1) is 20.6 Å². The minimum Gasteiger partial charge on any atom is -0.360 e. The first kappa shape index (κ1) is 20.6. The first-order valence-corrected chi connectivity index (χ1v) is 8.04. The number of nitriles is 1. The highest BCUT2D eigenvalue weighted by Gasteiger charge is 2.16. The minimum absolute atomic E-state index is 0.0394. The summed E-state index contributed by atoms with van der Waals surface area (Å²) in [6.07, 6.45) is 1.02. The molecule has 28 heavy (non-hydrogen) atoms. The Bertz CT molecular complexity index is 1050. The quantitative estimate of drug-likeness (QED) is 0.305. The van der Waals surface area contributed by atoms with E-state index in [9.17, 15) is 25.0 Å². The van der Waals surface area contributed by atoms with Crippen molar-refractivity contribution in [1.29, 1.82) is 5.26 Å². The van der Waals surface area contributed by atoms with E-state index in [1.807, 2.05) is 0 Å². The number of carbonyl (C=O) groups excluding carboxylic acids is 1. The standard InChI is InChI=1S/C16H9Cl2N5O5/c17-12-4-2-11(22(25)26)6-14(12)21-16(24)9(7-19)8-20-10-1-3-13(18)15(5-10)23(27)28/h1-6,8,20H,(H,21,24)/b9-8-. The van der Waals surface area contributed by atoms with E-state index >= 15 is 0 Å². The molecular formula is C16H9Cl2N5O5. The minimum atomic E-state index is -0.888. The maximum Gasteiger partial charge on any atom is 0.289 e. The summed E-state index contributed by atoms with van der Waals surface area (Å²) >= 11 is 11.6. The van der Waals surface area contributed by atoms with Crippen molar-refractivity contribution < 1.29 is 14.6 Å². The number of anilines is 2. The lowest BCUT2D eigenvalue weighted by molar-refractivity contribution is -0.384. The van der Waals surface area contributed by atoms with Crippen molar-refractivity contribution in [2.24, 2.45) is 0 Å². The molecule has 0 saturated heterocycles. The van der Waals surface area contributed by atoms with Crippen LogP contribution in [-0.2, 0) is 4.79 Å². The fourth-order valence-corrected chi connectivity index (χ4v) is 2.31. The van der Waals surface area contributed by atoms with E-state index in [1.54, 1.807) is 6.07 Å². The van der Waals surface area contributed by atoms with E-state index < -0.39 is 21.3 Å². The Kier molecular flexibility index (Phi) is 6.49. The van der Waals surface area contributed by atoms with Gasteiger partial charge in [0.25, 0.3) is 17.3 Å². The predicted octanol–water partition coefficient (Wildman–Crippen LogP) is 4.27. The number of halogens is 2.